The summed E-state index contributed by atoms with van der Waals surface area (Å²) < 4.78 is 20.5. The summed E-state index contributed by atoms with van der Waals surface area (Å²) in [5.41, 5.74) is 2.35. The van der Waals surface area contributed by atoms with Crippen LogP contribution in [0.5, 0.6) is 11.5 Å². The molecule has 29 heavy (non-hydrogen) atoms. The number of amides is 1. The number of fused-ring (bicyclic) bond motifs is 1. The van der Waals surface area contributed by atoms with Gasteiger partial charge in [-0.25, -0.2) is 9.59 Å². The molecular weight excluding hydrogens is 378 g/mol. The number of cyclic esters (lactones) is 1. The van der Waals surface area contributed by atoms with E-state index in [9.17, 15) is 14.4 Å². The van der Waals surface area contributed by atoms with Crippen LogP contribution in [-0.4, -0.2) is 45.3 Å². The number of carbonyl (C=O) groups is 3. The van der Waals surface area contributed by atoms with Crippen molar-refractivity contribution in [3.8, 4) is 11.5 Å². The Bertz CT molecular complexity index is 983. The smallest absolute Gasteiger partial charge is 0.340 e. The Morgan fingerprint density at radius 2 is 1.76 bits per heavy atom. The summed E-state index contributed by atoms with van der Waals surface area (Å²) >= 11 is 0. The number of rotatable bonds is 5. The Labute approximate surface area is 167 Å². The number of benzene rings is 2. The molecule has 0 aromatic heterocycles. The summed E-state index contributed by atoms with van der Waals surface area (Å²) in [5.74, 6) is -1.17. The first kappa shape index (κ1) is 20.2. The average molecular weight is 399 g/mol. The maximum Gasteiger partial charge on any atom is 0.340 e. The lowest BCUT2D eigenvalue weighted by Crippen LogP contribution is -2.38. The Morgan fingerprint density at radius 3 is 2.41 bits per heavy atom. The molecule has 0 spiro atoms. The van der Waals surface area contributed by atoms with Crippen molar-refractivity contribution in [1.29, 1.82) is 0 Å². The first-order valence-corrected chi connectivity index (χ1v) is 8.83. The van der Waals surface area contributed by atoms with Gasteiger partial charge in [0.15, 0.2) is 17.6 Å². The van der Waals surface area contributed by atoms with Crippen LogP contribution in [0.2, 0.25) is 0 Å². The van der Waals surface area contributed by atoms with E-state index in [2.05, 4.69) is 5.32 Å². The summed E-state index contributed by atoms with van der Waals surface area (Å²) in [5, 5.41) is 2.63. The van der Waals surface area contributed by atoms with Crippen LogP contribution >= 0.6 is 0 Å². The minimum Gasteiger partial charge on any atom is -0.493 e. The molecule has 3 rings (SSSR count). The second-order valence-corrected chi connectivity index (χ2v) is 6.49. The van der Waals surface area contributed by atoms with Gasteiger partial charge in [-0.1, -0.05) is 17.7 Å². The van der Waals surface area contributed by atoms with Crippen molar-refractivity contribution in [2.45, 2.75) is 19.4 Å². The van der Waals surface area contributed by atoms with Gasteiger partial charge in [0.1, 0.15) is 0 Å². The van der Waals surface area contributed by atoms with E-state index in [4.69, 9.17) is 18.9 Å². The van der Waals surface area contributed by atoms with Crippen LogP contribution in [-0.2, 0) is 20.7 Å². The van der Waals surface area contributed by atoms with E-state index in [1.54, 1.807) is 6.07 Å². The van der Waals surface area contributed by atoms with Crippen molar-refractivity contribution in [3.05, 3.63) is 52.6 Å². The molecule has 0 bridgehead atoms. The molecule has 1 heterocycles. The lowest BCUT2D eigenvalue weighted by molar-refractivity contribution is -0.125. The van der Waals surface area contributed by atoms with E-state index < -0.39 is 23.9 Å². The number of nitrogens with one attached hydrogen (secondary N) is 1. The lowest BCUT2D eigenvalue weighted by Gasteiger charge is -2.24. The standard InChI is InChI=1S/C21H21NO7/c1-11-5-6-12-8-18(29-21(25)13(12)7-11)19(23)22-15-10-17(27-3)16(26-2)9-14(15)20(24)28-4/h5-7,9-10,18H,8H2,1-4H3,(H,22,23). The largest absolute Gasteiger partial charge is 0.493 e. The number of carbonyl (C=O) groups excluding carboxylic acids is 3. The van der Waals surface area contributed by atoms with Crippen molar-refractivity contribution in [2.75, 3.05) is 26.6 Å². The molecule has 0 radical (unpaired) electrons. The van der Waals surface area contributed by atoms with Crippen molar-refractivity contribution >= 4 is 23.5 Å². The molecule has 2 aromatic carbocycles. The Hall–Kier alpha value is -3.55. The molecule has 8 nitrogen and oxygen atoms in total. The number of ether oxygens (including phenoxy) is 4. The summed E-state index contributed by atoms with van der Waals surface area (Å²) in [6.07, 6.45) is -0.801. The fourth-order valence-electron chi connectivity index (χ4n) is 3.11. The molecule has 0 aliphatic carbocycles. The minimum atomic E-state index is -1.03. The highest BCUT2D eigenvalue weighted by Gasteiger charge is 2.32. The van der Waals surface area contributed by atoms with Crippen LogP contribution in [0.3, 0.4) is 0 Å². The van der Waals surface area contributed by atoms with Crippen LogP contribution < -0.4 is 14.8 Å². The van der Waals surface area contributed by atoms with Gasteiger partial charge in [0.2, 0.25) is 0 Å². The van der Waals surface area contributed by atoms with Crippen molar-refractivity contribution in [2.24, 2.45) is 0 Å². The van der Waals surface area contributed by atoms with Crippen LogP contribution in [0.25, 0.3) is 0 Å². The van der Waals surface area contributed by atoms with Gasteiger partial charge in [-0.05, 0) is 18.6 Å². The average Bonchev–Trinajstić information content (AvgIpc) is 2.73. The Balaban J connectivity index is 1.89. The van der Waals surface area contributed by atoms with E-state index in [-0.39, 0.29) is 17.7 Å². The normalized spacial score (nSPS) is 15.0. The van der Waals surface area contributed by atoms with Crippen molar-refractivity contribution in [3.63, 3.8) is 0 Å². The minimum absolute atomic E-state index is 0.0802. The predicted molar refractivity (Wildman–Crippen MR) is 104 cm³/mol. The third-order valence-electron chi connectivity index (χ3n) is 4.62. The molecule has 1 N–H and O–H groups in total. The molecule has 0 fully saturated rings. The summed E-state index contributed by atoms with van der Waals surface area (Å²) in [6, 6.07) is 8.27. The molecule has 0 saturated heterocycles. The zero-order valence-electron chi connectivity index (χ0n) is 16.5. The van der Waals surface area contributed by atoms with Gasteiger partial charge in [-0.2, -0.15) is 0 Å². The van der Waals surface area contributed by atoms with E-state index in [1.807, 2.05) is 19.1 Å². The number of methoxy groups -OCH3 is 3. The topological polar surface area (TPSA) is 100 Å². The van der Waals surface area contributed by atoms with Crippen LogP contribution in [0.1, 0.15) is 31.8 Å². The van der Waals surface area contributed by atoms with Gasteiger partial charge in [0, 0.05) is 18.6 Å². The summed E-state index contributed by atoms with van der Waals surface area (Å²) in [4.78, 5) is 37.2. The third kappa shape index (κ3) is 4.01. The number of anilines is 1. The maximum atomic E-state index is 12.8. The molecule has 1 aliphatic rings. The molecule has 1 aliphatic heterocycles. The molecule has 8 heteroatoms. The van der Waals surface area contributed by atoms with Gasteiger partial charge in [-0.3, -0.25) is 4.79 Å². The zero-order valence-corrected chi connectivity index (χ0v) is 16.5. The van der Waals surface area contributed by atoms with Crippen molar-refractivity contribution < 1.29 is 33.3 Å². The first-order chi connectivity index (χ1) is 13.9. The number of hydrogen-bond donors (Lipinski definition) is 1. The zero-order chi connectivity index (χ0) is 21.1. The Kier molecular flexibility index (Phi) is 5.72. The summed E-state index contributed by atoms with van der Waals surface area (Å²) in [7, 11) is 4.09. The highest BCUT2D eigenvalue weighted by Crippen LogP contribution is 2.34. The third-order valence-corrected chi connectivity index (χ3v) is 4.62. The maximum absolute atomic E-state index is 12.8. The van der Waals surface area contributed by atoms with Gasteiger partial charge in [0.25, 0.3) is 5.91 Å². The quantitative estimate of drug-likeness (QED) is 0.771. The molecule has 152 valence electrons. The summed E-state index contributed by atoms with van der Waals surface area (Å²) in [6.45, 7) is 1.87. The molecule has 0 saturated carbocycles. The number of hydrogen-bond acceptors (Lipinski definition) is 7. The molecular formula is C21H21NO7. The lowest BCUT2D eigenvalue weighted by atomic mass is 9.96. The number of esters is 2. The second-order valence-electron chi connectivity index (χ2n) is 6.49. The molecule has 1 amide bonds. The van der Waals surface area contributed by atoms with Gasteiger partial charge in [0.05, 0.1) is 38.1 Å². The fourth-order valence-corrected chi connectivity index (χ4v) is 3.11. The molecule has 2 aromatic rings. The molecule has 1 atom stereocenters. The van der Waals surface area contributed by atoms with Gasteiger partial charge in [-0.15, -0.1) is 0 Å². The van der Waals surface area contributed by atoms with Crippen LogP contribution in [0.15, 0.2) is 30.3 Å². The monoisotopic (exact) mass is 399 g/mol. The van der Waals surface area contributed by atoms with E-state index >= 15 is 0 Å². The molecule has 1 unspecified atom stereocenters. The van der Waals surface area contributed by atoms with Crippen LogP contribution in [0, 0.1) is 6.92 Å². The fraction of sp³-hybridized carbons (Fsp3) is 0.286. The second kappa shape index (κ2) is 8.22. The van der Waals surface area contributed by atoms with Crippen molar-refractivity contribution in [1.82, 2.24) is 0 Å². The highest BCUT2D eigenvalue weighted by atomic mass is 16.5. The van der Waals surface area contributed by atoms with Crippen LogP contribution in [0.4, 0.5) is 5.69 Å². The van der Waals surface area contributed by atoms with Gasteiger partial charge < -0.3 is 24.3 Å². The van der Waals surface area contributed by atoms with E-state index in [0.717, 1.165) is 11.1 Å². The highest BCUT2D eigenvalue weighted by molar-refractivity contribution is 6.05. The predicted octanol–water partition coefficient (Wildman–Crippen LogP) is 2.52. The van der Waals surface area contributed by atoms with Gasteiger partial charge >= 0.3 is 11.9 Å². The van der Waals surface area contributed by atoms with E-state index in [1.165, 1.54) is 33.5 Å². The first-order valence-electron chi connectivity index (χ1n) is 8.83. The van der Waals surface area contributed by atoms with E-state index in [0.29, 0.717) is 17.1 Å². The SMILES string of the molecule is COC(=O)c1cc(OC)c(OC)cc1NC(=O)C1Cc2ccc(C)cc2C(=O)O1. The number of aryl methyl sites for hydroxylation is 1. The Morgan fingerprint density at radius 1 is 1.07 bits per heavy atom.